The predicted molar refractivity (Wildman–Crippen MR) is 130 cm³/mol. The van der Waals surface area contributed by atoms with Crippen LogP contribution < -0.4 is 9.47 Å². The highest BCUT2D eigenvalue weighted by molar-refractivity contribution is 7.15. The number of aliphatic hydroxyl groups excluding tert-OH is 1. The average Bonchev–Trinajstić information content (AvgIpc) is 3.57. The molecule has 180 valence electrons. The molecule has 1 saturated carbocycles. The molecule has 8 heteroatoms. The van der Waals surface area contributed by atoms with E-state index in [4.69, 9.17) is 9.47 Å². The summed E-state index contributed by atoms with van der Waals surface area (Å²) in [5.74, 6) is 0.921. The minimum absolute atomic E-state index is 0.114. The quantitative estimate of drug-likeness (QED) is 0.454. The number of aryl methyl sites for hydroxylation is 2. The van der Waals surface area contributed by atoms with E-state index in [1.807, 2.05) is 13.0 Å². The van der Waals surface area contributed by atoms with Gasteiger partial charge in [0.2, 0.25) is 0 Å². The molecule has 0 radical (unpaired) electrons. The molecule has 1 aliphatic rings. The fourth-order valence-corrected chi connectivity index (χ4v) is 4.79. The number of thiazole rings is 1. The smallest absolute Gasteiger partial charge is 0.274 e. The molecule has 34 heavy (non-hydrogen) atoms. The van der Waals surface area contributed by atoms with Crippen LogP contribution in [0.15, 0.2) is 36.4 Å². The van der Waals surface area contributed by atoms with E-state index in [0.717, 1.165) is 17.8 Å². The van der Waals surface area contributed by atoms with Crippen LogP contribution >= 0.6 is 11.3 Å². The normalized spacial score (nSPS) is 14.1. The second kappa shape index (κ2) is 10.1. The lowest BCUT2D eigenvalue weighted by molar-refractivity contribution is 0.0606. The largest absolute Gasteiger partial charge is 0.493 e. The number of ether oxygens (including phenoxy) is 2. The van der Waals surface area contributed by atoms with E-state index in [2.05, 4.69) is 4.98 Å². The number of rotatable bonds is 9. The number of nitrogens with zero attached hydrogens (tertiary/aromatic N) is 2. The summed E-state index contributed by atoms with van der Waals surface area (Å²) >= 11 is 1.37. The molecule has 1 aliphatic carbocycles. The molecule has 0 spiro atoms. The van der Waals surface area contributed by atoms with Gasteiger partial charge in [0.25, 0.3) is 5.91 Å². The third-order valence-corrected chi connectivity index (χ3v) is 7.04. The number of aromatic nitrogens is 1. The van der Waals surface area contributed by atoms with E-state index in [-0.39, 0.29) is 18.3 Å². The number of hydrogen-bond acceptors (Lipinski definition) is 6. The van der Waals surface area contributed by atoms with Gasteiger partial charge in [0.1, 0.15) is 11.5 Å². The van der Waals surface area contributed by atoms with Crippen molar-refractivity contribution in [2.75, 3.05) is 27.3 Å². The molecular weight excluding hydrogens is 455 g/mol. The van der Waals surface area contributed by atoms with Crippen molar-refractivity contribution in [3.8, 4) is 21.9 Å². The summed E-state index contributed by atoms with van der Waals surface area (Å²) in [7, 11) is 3.09. The van der Waals surface area contributed by atoms with Crippen LogP contribution in [0.5, 0.6) is 11.5 Å². The van der Waals surface area contributed by atoms with Crippen molar-refractivity contribution < 1.29 is 23.8 Å². The molecule has 1 N–H and O–H groups in total. The van der Waals surface area contributed by atoms with Gasteiger partial charge in [-0.2, -0.15) is 0 Å². The Hall–Kier alpha value is -2.97. The van der Waals surface area contributed by atoms with Crippen LogP contribution in [-0.2, 0) is 0 Å². The van der Waals surface area contributed by atoms with Crippen molar-refractivity contribution in [1.29, 1.82) is 0 Å². The standard InChI is InChI=1S/C26H29FN2O4S/c1-15-5-8-19(11-20(15)27)25-24(28-16(2)34-25)26(31)29(13-17-6-7-17)14-21(30)18-9-10-22(32-3)23(12-18)33-4/h5,8-12,17,21,30H,6-7,13-14H2,1-4H3. The van der Waals surface area contributed by atoms with E-state index in [1.54, 1.807) is 43.2 Å². The molecule has 0 aliphatic heterocycles. The third kappa shape index (κ3) is 5.23. The Labute approximate surface area is 203 Å². The van der Waals surface area contributed by atoms with Crippen molar-refractivity contribution in [2.24, 2.45) is 5.92 Å². The van der Waals surface area contributed by atoms with Gasteiger partial charge in [0.05, 0.1) is 36.8 Å². The van der Waals surface area contributed by atoms with Crippen LogP contribution in [0, 0.1) is 25.6 Å². The molecule has 1 heterocycles. The van der Waals surface area contributed by atoms with Gasteiger partial charge in [-0.1, -0.05) is 18.2 Å². The molecule has 1 atom stereocenters. The summed E-state index contributed by atoms with van der Waals surface area (Å²) < 4.78 is 24.9. The number of amides is 1. The minimum atomic E-state index is -0.914. The fourth-order valence-electron chi connectivity index (χ4n) is 3.88. The van der Waals surface area contributed by atoms with E-state index in [0.29, 0.717) is 51.2 Å². The molecular formula is C26H29FN2O4S. The Morgan fingerprint density at radius 3 is 2.56 bits per heavy atom. The zero-order valence-electron chi connectivity index (χ0n) is 19.8. The van der Waals surface area contributed by atoms with E-state index < -0.39 is 6.10 Å². The van der Waals surface area contributed by atoms with Gasteiger partial charge in [-0.3, -0.25) is 4.79 Å². The zero-order valence-corrected chi connectivity index (χ0v) is 20.6. The van der Waals surface area contributed by atoms with Crippen molar-refractivity contribution in [3.05, 3.63) is 64.0 Å². The monoisotopic (exact) mass is 484 g/mol. The highest BCUT2D eigenvalue weighted by Crippen LogP contribution is 2.35. The number of carbonyl (C=O) groups excluding carboxylic acids is 1. The summed E-state index contributed by atoms with van der Waals surface area (Å²) in [6.45, 7) is 4.19. The molecule has 1 unspecified atom stereocenters. The molecule has 1 amide bonds. The number of halogens is 1. The number of methoxy groups -OCH3 is 2. The number of carbonyl (C=O) groups is 1. The Morgan fingerprint density at radius 1 is 1.18 bits per heavy atom. The van der Waals surface area contributed by atoms with Crippen LogP contribution in [0.1, 0.15) is 45.6 Å². The lowest BCUT2D eigenvalue weighted by atomic mass is 10.1. The maximum absolute atomic E-state index is 14.3. The van der Waals surface area contributed by atoms with Crippen LogP contribution in [0.4, 0.5) is 4.39 Å². The molecule has 2 aromatic carbocycles. The molecule has 1 fully saturated rings. The van der Waals surface area contributed by atoms with E-state index in [9.17, 15) is 14.3 Å². The molecule has 6 nitrogen and oxygen atoms in total. The molecule has 3 aromatic rings. The van der Waals surface area contributed by atoms with Gasteiger partial charge >= 0.3 is 0 Å². The Kier molecular flexibility index (Phi) is 7.19. The van der Waals surface area contributed by atoms with Crippen LogP contribution in [0.2, 0.25) is 0 Å². The Morgan fingerprint density at radius 2 is 1.91 bits per heavy atom. The van der Waals surface area contributed by atoms with Gasteiger partial charge < -0.3 is 19.5 Å². The average molecular weight is 485 g/mol. The van der Waals surface area contributed by atoms with Crippen molar-refractivity contribution in [3.63, 3.8) is 0 Å². The molecule has 1 aromatic heterocycles. The lowest BCUT2D eigenvalue weighted by Gasteiger charge is -2.26. The maximum Gasteiger partial charge on any atom is 0.274 e. The highest BCUT2D eigenvalue weighted by Gasteiger charge is 2.31. The predicted octanol–water partition coefficient (Wildman–Crippen LogP) is 5.17. The van der Waals surface area contributed by atoms with Gasteiger partial charge in [-0.05, 0) is 67.5 Å². The number of benzene rings is 2. The van der Waals surface area contributed by atoms with Crippen LogP contribution in [0.3, 0.4) is 0 Å². The first-order chi connectivity index (χ1) is 16.3. The lowest BCUT2D eigenvalue weighted by Crippen LogP contribution is -2.37. The van der Waals surface area contributed by atoms with Crippen molar-refractivity contribution in [1.82, 2.24) is 9.88 Å². The van der Waals surface area contributed by atoms with Crippen molar-refractivity contribution >= 4 is 17.2 Å². The maximum atomic E-state index is 14.3. The summed E-state index contributed by atoms with van der Waals surface area (Å²) in [6, 6.07) is 10.2. The van der Waals surface area contributed by atoms with Gasteiger partial charge in [-0.25, -0.2) is 9.37 Å². The summed E-state index contributed by atoms with van der Waals surface area (Å²) in [6.07, 6.45) is 1.20. The summed E-state index contributed by atoms with van der Waals surface area (Å²) in [5, 5.41) is 11.7. The van der Waals surface area contributed by atoms with Gasteiger partial charge in [0.15, 0.2) is 11.5 Å². The van der Waals surface area contributed by atoms with E-state index >= 15 is 0 Å². The molecule has 4 rings (SSSR count). The second-order valence-electron chi connectivity index (χ2n) is 8.66. The first-order valence-corrected chi connectivity index (χ1v) is 12.1. The summed E-state index contributed by atoms with van der Waals surface area (Å²) in [5.41, 5.74) is 2.10. The number of aliphatic hydroxyl groups is 1. The van der Waals surface area contributed by atoms with E-state index in [1.165, 1.54) is 24.5 Å². The van der Waals surface area contributed by atoms with Crippen LogP contribution in [-0.4, -0.2) is 48.2 Å². The minimum Gasteiger partial charge on any atom is -0.493 e. The third-order valence-electron chi connectivity index (χ3n) is 6.02. The van der Waals surface area contributed by atoms with Gasteiger partial charge in [-0.15, -0.1) is 11.3 Å². The molecule has 0 saturated heterocycles. The summed E-state index contributed by atoms with van der Waals surface area (Å²) in [4.78, 5) is 20.5. The van der Waals surface area contributed by atoms with Crippen LogP contribution in [0.25, 0.3) is 10.4 Å². The Bertz CT molecular complexity index is 1190. The van der Waals surface area contributed by atoms with Gasteiger partial charge in [0, 0.05) is 6.54 Å². The zero-order chi connectivity index (χ0) is 24.4. The highest BCUT2D eigenvalue weighted by atomic mass is 32.1. The van der Waals surface area contributed by atoms with Crippen molar-refractivity contribution in [2.45, 2.75) is 32.8 Å². The first-order valence-electron chi connectivity index (χ1n) is 11.2. The number of hydrogen-bond donors (Lipinski definition) is 1. The molecule has 0 bridgehead atoms. The SMILES string of the molecule is COc1ccc(C(O)CN(CC2CC2)C(=O)c2nc(C)sc2-c2ccc(C)c(F)c2)cc1OC. The fraction of sp³-hybridized carbons (Fsp3) is 0.385. The Balaban J connectivity index is 1.62. The second-order valence-corrected chi connectivity index (χ2v) is 9.86. The first kappa shape index (κ1) is 24.2. The topological polar surface area (TPSA) is 71.9 Å².